The fourth-order valence-electron chi connectivity index (χ4n) is 2.93. The summed E-state index contributed by atoms with van der Waals surface area (Å²) in [7, 11) is 0. The van der Waals surface area contributed by atoms with Crippen molar-refractivity contribution in [2.24, 2.45) is 0 Å². The molecule has 1 fully saturated rings. The van der Waals surface area contributed by atoms with E-state index in [-0.39, 0.29) is 18.6 Å². The van der Waals surface area contributed by atoms with Crippen LogP contribution in [0, 0.1) is 0 Å². The first kappa shape index (κ1) is 15.8. The molecule has 0 radical (unpaired) electrons. The first-order chi connectivity index (χ1) is 12.3. The van der Waals surface area contributed by atoms with E-state index in [0.29, 0.717) is 24.7 Å². The van der Waals surface area contributed by atoms with Gasteiger partial charge in [-0.3, -0.25) is 9.48 Å². The number of nitrogens with one attached hydrogen (secondary N) is 1. The molecule has 3 aromatic rings. The number of benzene rings is 1. The van der Waals surface area contributed by atoms with Crippen LogP contribution in [0.3, 0.4) is 0 Å². The van der Waals surface area contributed by atoms with Gasteiger partial charge in [0, 0.05) is 25.0 Å². The van der Waals surface area contributed by atoms with E-state index in [1.807, 2.05) is 24.3 Å². The smallest absolute Gasteiger partial charge is 0.255 e. The predicted octanol–water partition coefficient (Wildman–Crippen LogP) is 1.63. The molecule has 1 N–H and O–H groups in total. The van der Waals surface area contributed by atoms with Crippen LogP contribution in [0.4, 0.5) is 0 Å². The Morgan fingerprint density at radius 3 is 3.16 bits per heavy atom. The fraction of sp³-hybridized carbons (Fsp3) is 0.412. The number of aromatic nitrogens is 4. The Balaban J connectivity index is 1.27. The lowest BCUT2D eigenvalue weighted by Crippen LogP contribution is -2.29. The highest BCUT2D eigenvalue weighted by Crippen LogP contribution is 2.26. The summed E-state index contributed by atoms with van der Waals surface area (Å²) in [6.45, 7) is 1.37. The molecule has 0 aliphatic carbocycles. The second-order valence-electron chi connectivity index (χ2n) is 6.01. The summed E-state index contributed by atoms with van der Waals surface area (Å²) in [5.41, 5.74) is 0.942. The summed E-state index contributed by atoms with van der Waals surface area (Å²) >= 11 is 0. The van der Waals surface area contributed by atoms with Crippen LogP contribution in [0.1, 0.15) is 30.7 Å². The number of amides is 1. The molecule has 130 valence electrons. The minimum Gasteiger partial charge on any atom is -0.368 e. The molecule has 25 heavy (non-hydrogen) atoms. The molecule has 1 aromatic carbocycles. The number of carbonyl (C=O) groups is 1. The van der Waals surface area contributed by atoms with E-state index >= 15 is 0 Å². The van der Waals surface area contributed by atoms with E-state index in [9.17, 15) is 4.79 Å². The lowest BCUT2D eigenvalue weighted by Gasteiger charge is -2.05. The normalized spacial score (nSPS) is 17.2. The summed E-state index contributed by atoms with van der Waals surface area (Å²) in [6, 6.07) is 7.80. The number of rotatable bonds is 6. The summed E-state index contributed by atoms with van der Waals surface area (Å²) in [4.78, 5) is 16.4. The number of carbonyl (C=O) groups excluding carboxylic acids is 1. The highest BCUT2D eigenvalue weighted by molar-refractivity contribution is 5.81. The number of hydrogen-bond donors (Lipinski definition) is 1. The molecule has 0 bridgehead atoms. The van der Waals surface area contributed by atoms with Crippen LogP contribution < -0.4 is 5.32 Å². The topological polar surface area (TPSA) is 95.1 Å². The standard InChI is InChI=1S/C17H19N5O3/c23-16(11-22-13-5-2-1-4-12(13)10-19-22)18-8-7-15-20-17(25-21-15)14-6-3-9-24-14/h1-2,4-5,10,14H,3,6-9,11H2,(H,18,23)/t14-/m0/s1. The van der Waals surface area contributed by atoms with Crippen molar-refractivity contribution in [3.8, 4) is 0 Å². The fourth-order valence-corrected chi connectivity index (χ4v) is 2.93. The van der Waals surface area contributed by atoms with Gasteiger partial charge in [0.25, 0.3) is 5.89 Å². The number of ether oxygens (including phenoxy) is 1. The van der Waals surface area contributed by atoms with Crippen LogP contribution in [0.5, 0.6) is 0 Å². The lowest BCUT2D eigenvalue weighted by molar-refractivity contribution is -0.121. The highest BCUT2D eigenvalue weighted by Gasteiger charge is 2.23. The summed E-state index contributed by atoms with van der Waals surface area (Å²) < 4.78 is 12.4. The minimum atomic E-state index is -0.100. The Hall–Kier alpha value is -2.74. The molecule has 0 spiro atoms. The van der Waals surface area contributed by atoms with Gasteiger partial charge in [-0.05, 0) is 18.9 Å². The van der Waals surface area contributed by atoms with Crippen molar-refractivity contribution in [2.75, 3.05) is 13.2 Å². The maximum atomic E-state index is 12.1. The zero-order chi connectivity index (χ0) is 17.1. The maximum absolute atomic E-state index is 12.1. The highest BCUT2D eigenvalue weighted by atomic mass is 16.5. The number of para-hydroxylation sites is 1. The van der Waals surface area contributed by atoms with E-state index in [4.69, 9.17) is 9.26 Å². The predicted molar refractivity (Wildman–Crippen MR) is 88.7 cm³/mol. The Labute approximate surface area is 144 Å². The first-order valence-electron chi connectivity index (χ1n) is 8.41. The van der Waals surface area contributed by atoms with E-state index in [0.717, 1.165) is 30.4 Å². The SMILES string of the molecule is O=C(Cn1ncc2ccccc21)NCCc1noc([C@@H]2CCCO2)n1. The molecule has 1 saturated heterocycles. The first-order valence-corrected chi connectivity index (χ1v) is 8.41. The quantitative estimate of drug-likeness (QED) is 0.732. The Bertz CT molecular complexity index is 866. The Morgan fingerprint density at radius 2 is 2.28 bits per heavy atom. The van der Waals surface area contributed by atoms with Crippen LogP contribution in [0.2, 0.25) is 0 Å². The average molecular weight is 341 g/mol. The van der Waals surface area contributed by atoms with Crippen LogP contribution in [0.15, 0.2) is 35.0 Å². The van der Waals surface area contributed by atoms with Gasteiger partial charge >= 0.3 is 0 Å². The molecule has 1 atom stereocenters. The van der Waals surface area contributed by atoms with Crippen LogP contribution >= 0.6 is 0 Å². The maximum Gasteiger partial charge on any atom is 0.255 e. The van der Waals surface area contributed by atoms with Crippen LogP contribution in [-0.4, -0.2) is 39.0 Å². The second-order valence-corrected chi connectivity index (χ2v) is 6.01. The second kappa shape index (κ2) is 7.02. The van der Waals surface area contributed by atoms with Gasteiger partial charge < -0.3 is 14.6 Å². The average Bonchev–Trinajstić information content (AvgIpc) is 3.35. The molecule has 3 heterocycles. The van der Waals surface area contributed by atoms with Crippen LogP contribution in [0.25, 0.3) is 10.9 Å². The molecular weight excluding hydrogens is 322 g/mol. The van der Waals surface area contributed by atoms with Crippen molar-refractivity contribution in [3.63, 3.8) is 0 Å². The molecule has 1 amide bonds. The van der Waals surface area contributed by atoms with E-state index in [1.54, 1.807) is 10.9 Å². The number of nitrogens with zero attached hydrogens (tertiary/aromatic N) is 4. The van der Waals surface area contributed by atoms with Crippen molar-refractivity contribution in [3.05, 3.63) is 42.2 Å². The van der Waals surface area contributed by atoms with E-state index < -0.39 is 0 Å². The van der Waals surface area contributed by atoms with Gasteiger partial charge in [0.15, 0.2) is 5.82 Å². The molecule has 0 saturated carbocycles. The third-order valence-electron chi connectivity index (χ3n) is 4.20. The van der Waals surface area contributed by atoms with Crippen LogP contribution in [-0.2, 0) is 22.5 Å². The zero-order valence-corrected chi connectivity index (χ0v) is 13.7. The van der Waals surface area contributed by atoms with Crippen molar-refractivity contribution in [1.82, 2.24) is 25.2 Å². The lowest BCUT2D eigenvalue weighted by atomic mass is 10.2. The molecule has 1 aliphatic heterocycles. The van der Waals surface area contributed by atoms with Gasteiger partial charge in [-0.2, -0.15) is 10.1 Å². The molecule has 1 aliphatic rings. The van der Waals surface area contributed by atoms with Crippen molar-refractivity contribution in [1.29, 1.82) is 0 Å². The minimum absolute atomic E-state index is 0.0797. The van der Waals surface area contributed by atoms with Gasteiger partial charge in [-0.15, -0.1) is 0 Å². The molecule has 0 unspecified atom stereocenters. The van der Waals surface area contributed by atoms with Gasteiger partial charge in [-0.25, -0.2) is 0 Å². The summed E-state index contributed by atoms with van der Waals surface area (Å²) in [5.74, 6) is 1.01. The van der Waals surface area contributed by atoms with Crippen molar-refractivity contribution < 1.29 is 14.1 Å². The third-order valence-corrected chi connectivity index (χ3v) is 4.20. The third kappa shape index (κ3) is 3.53. The molecule has 8 heteroatoms. The zero-order valence-electron chi connectivity index (χ0n) is 13.7. The monoisotopic (exact) mass is 341 g/mol. The van der Waals surface area contributed by atoms with Crippen molar-refractivity contribution >= 4 is 16.8 Å². The molecule has 4 rings (SSSR count). The largest absolute Gasteiger partial charge is 0.368 e. The van der Waals surface area contributed by atoms with E-state index in [2.05, 4.69) is 20.6 Å². The van der Waals surface area contributed by atoms with Gasteiger partial charge in [0.1, 0.15) is 12.6 Å². The Kier molecular flexibility index (Phi) is 4.43. The van der Waals surface area contributed by atoms with Gasteiger partial charge in [0.2, 0.25) is 5.91 Å². The Morgan fingerprint density at radius 1 is 1.36 bits per heavy atom. The van der Waals surface area contributed by atoms with Gasteiger partial charge in [0.05, 0.1) is 11.7 Å². The van der Waals surface area contributed by atoms with Gasteiger partial charge in [-0.1, -0.05) is 23.4 Å². The van der Waals surface area contributed by atoms with Crippen molar-refractivity contribution in [2.45, 2.75) is 31.9 Å². The molecule has 8 nitrogen and oxygen atoms in total. The summed E-state index contributed by atoms with van der Waals surface area (Å²) in [6.07, 6.45) is 4.12. The summed E-state index contributed by atoms with van der Waals surface area (Å²) in [5, 5.41) is 12.1. The number of hydrogen-bond acceptors (Lipinski definition) is 6. The van der Waals surface area contributed by atoms with E-state index in [1.165, 1.54) is 0 Å². The molecular formula is C17H19N5O3. The molecule has 2 aromatic heterocycles. The number of fused-ring (bicyclic) bond motifs is 1.